The van der Waals surface area contributed by atoms with Crippen LogP contribution in [0.4, 0.5) is 4.39 Å². The number of likely N-dealkylation sites (tertiary alicyclic amines) is 1. The molecular formula is C21H25FN6O3. The van der Waals surface area contributed by atoms with E-state index in [-0.39, 0.29) is 30.1 Å². The summed E-state index contributed by atoms with van der Waals surface area (Å²) in [6.45, 7) is 3.32. The van der Waals surface area contributed by atoms with Gasteiger partial charge in [-0.2, -0.15) is 0 Å². The summed E-state index contributed by atoms with van der Waals surface area (Å²) in [5.41, 5.74) is 2.58. The first-order chi connectivity index (χ1) is 15.0. The Morgan fingerprint density at radius 1 is 1.35 bits per heavy atom. The maximum Gasteiger partial charge on any atom is 0.223 e. The Morgan fingerprint density at radius 2 is 2.23 bits per heavy atom. The number of benzene rings is 1. The van der Waals surface area contributed by atoms with Crippen LogP contribution in [0.25, 0.3) is 11.0 Å². The number of piperidine rings is 1. The molecule has 4 rings (SSSR count). The molecule has 1 aliphatic rings. The number of hydrogen-bond donors (Lipinski definition) is 2. The molecule has 1 atom stereocenters. The number of H-pyrrole nitrogens is 1. The number of imidazole rings is 1. The number of carbonyl (C=O) groups excluding carboxylic acids is 2. The molecule has 0 aliphatic carbocycles. The minimum Gasteiger partial charge on any atom is -0.350 e. The van der Waals surface area contributed by atoms with E-state index in [1.54, 1.807) is 13.0 Å². The number of halogens is 1. The molecule has 0 radical (unpaired) electrons. The second-order valence-corrected chi connectivity index (χ2v) is 7.97. The molecule has 2 amide bonds. The topological polar surface area (TPSA) is 117 Å². The highest BCUT2D eigenvalue weighted by atomic mass is 19.1. The molecule has 1 saturated heterocycles. The van der Waals surface area contributed by atoms with Crippen molar-refractivity contribution in [3.63, 3.8) is 0 Å². The molecule has 10 heteroatoms. The van der Waals surface area contributed by atoms with Gasteiger partial charge in [0, 0.05) is 32.4 Å². The van der Waals surface area contributed by atoms with Gasteiger partial charge >= 0.3 is 0 Å². The van der Waals surface area contributed by atoms with E-state index in [9.17, 15) is 14.0 Å². The number of nitrogens with zero attached hydrogens (tertiary/aromatic N) is 4. The lowest BCUT2D eigenvalue weighted by molar-refractivity contribution is -0.134. The van der Waals surface area contributed by atoms with E-state index in [4.69, 9.17) is 0 Å². The second-order valence-electron chi connectivity index (χ2n) is 7.97. The van der Waals surface area contributed by atoms with Crippen LogP contribution in [-0.4, -0.2) is 50.1 Å². The van der Waals surface area contributed by atoms with Crippen LogP contribution in [0.15, 0.2) is 22.8 Å². The van der Waals surface area contributed by atoms with Crippen LogP contribution in [0.5, 0.6) is 0 Å². The lowest BCUT2D eigenvalue weighted by Gasteiger charge is -2.32. The van der Waals surface area contributed by atoms with Gasteiger partial charge in [0.05, 0.1) is 17.6 Å². The van der Waals surface area contributed by atoms with E-state index in [0.29, 0.717) is 60.6 Å². The van der Waals surface area contributed by atoms with Crippen LogP contribution in [0, 0.1) is 18.7 Å². The Morgan fingerprint density at radius 3 is 3.03 bits per heavy atom. The van der Waals surface area contributed by atoms with Crippen molar-refractivity contribution >= 4 is 22.8 Å². The third-order valence-electron chi connectivity index (χ3n) is 5.61. The lowest BCUT2D eigenvalue weighted by Crippen LogP contribution is -2.41. The van der Waals surface area contributed by atoms with Gasteiger partial charge in [-0.25, -0.2) is 14.0 Å². The number of nitrogens with one attached hydrogen (secondary N) is 2. The maximum atomic E-state index is 13.3. The van der Waals surface area contributed by atoms with Gasteiger partial charge in [0.15, 0.2) is 0 Å². The first-order valence-corrected chi connectivity index (χ1v) is 10.4. The van der Waals surface area contributed by atoms with E-state index < -0.39 is 0 Å². The summed E-state index contributed by atoms with van der Waals surface area (Å²) in [6.07, 6.45) is 2.93. The first-order valence-electron chi connectivity index (χ1n) is 10.4. The van der Waals surface area contributed by atoms with Crippen LogP contribution < -0.4 is 5.32 Å². The largest absolute Gasteiger partial charge is 0.350 e. The summed E-state index contributed by atoms with van der Waals surface area (Å²) in [4.78, 5) is 34.3. The molecule has 0 spiro atoms. The van der Waals surface area contributed by atoms with Crippen molar-refractivity contribution in [3.05, 3.63) is 41.2 Å². The van der Waals surface area contributed by atoms with Crippen molar-refractivity contribution in [2.24, 2.45) is 5.92 Å². The quantitative estimate of drug-likeness (QED) is 0.596. The molecule has 0 bridgehead atoms. The molecule has 9 nitrogen and oxygen atoms in total. The highest BCUT2D eigenvalue weighted by Crippen LogP contribution is 2.21. The Balaban J connectivity index is 1.24. The number of amides is 2. The van der Waals surface area contributed by atoms with Crippen molar-refractivity contribution < 1.29 is 18.6 Å². The average Bonchev–Trinajstić information content (AvgIpc) is 3.35. The summed E-state index contributed by atoms with van der Waals surface area (Å²) in [7, 11) is 0. The smallest absolute Gasteiger partial charge is 0.223 e. The molecule has 1 unspecified atom stereocenters. The highest BCUT2D eigenvalue weighted by molar-refractivity contribution is 5.78. The van der Waals surface area contributed by atoms with Crippen LogP contribution in [0.2, 0.25) is 0 Å². The van der Waals surface area contributed by atoms with Crippen molar-refractivity contribution in [2.75, 3.05) is 13.1 Å². The summed E-state index contributed by atoms with van der Waals surface area (Å²) in [5.74, 6) is 0.440. The summed E-state index contributed by atoms with van der Waals surface area (Å²) < 4.78 is 17.9. The zero-order valence-corrected chi connectivity index (χ0v) is 17.4. The molecule has 1 aromatic carbocycles. The fourth-order valence-corrected chi connectivity index (χ4v) is 3.92. The second kappa shape index (κ2) is 9.23. The Bertz CT molecular complexity index is 1080. The van der Waals surface area contributed by atoms with Crippen LogP contribution >= 0.6 is 0 Å². The Kier molecular flexibility index (Phi) is 6.24. The fourth-order valence-electron chi connectivity index (χ4n) is 3.92. The number of aromatic amines is 1. The SMILES string of the molecule is Cc1nonc1CNC(=O)CC1CCCN(C(=O)CCc2nc3ccc(F)cc3[nH]2)C1. The average molecular weight is 428 g/mol. The first kappa shape index (κ1) is 21.0. The summed E-state index contributed by atoms with van der Waals surface area (Å²) >= 11 is 0. The molecule has 3 heterocycles. The molecule has 164 valence electrons. The molecule has 3 aromatic rings. The number of aryl methyl sites for hydroxylation is 2. The Hall–Kier alpha value is -3.30. The van der Waals surface area contributed by atoms with Gasteiger partial charge in [-0.3, -0.25) is 9.59 Å². The molecule has 1 aliphatic heterocycles. The molecule has 0 saturated carbocycles. The number of carbonyl (C=O) groups is 2. The standard InChI is InChI=1S/C21H25FN6O3/c1-13-18(27-31-26-13)11-23-20(29)9-14-3-2-8-28(12-14)21(30)7-6-19-24-16-5-4-15(22)10-17(16)25-19/h4-5,10,14H,2-3,6-9,11-12H2,1H3,(H,23,29)(H,24,25). The predicted octanol–water partition coefficient (Wildman–Crippen LogP) is 2.27. The summed E-state index contributed by atoms with van der Waals surface area (Å²) in [5, 5.41) is 10.3. The van der Waals surface area contributed by atoms with Gasteiger partial charge in [-0.15, -0.1) is 0 Å². The van der Waals surface area contributed by atoms with E-state index in [2.05, 4.69) is 30.2 Å². The molecule has 1 fully saturated rings. The Labute approximate surface area is 178 Å². The van der Waals surface area contributed by atoms with Crippen molar-refractivity contribution in [2.45, 2.75) is 45.6 Å². The van der Waals surface area contributed by atoms with Crippen molar-refractivity contribution in [3.8, 4) is 0 Å². The minimum absolute atomic E-state index is 0.0426. The van der Waals surface area contributed by atoms with Gasteiger partial charge in [0.1, 0.15) is 23.0 Å². The van der Waals surface area contributed by atoms with E-state index in [1.165, 1.54) is 12.1 Å². The molecule has 31 heavy (non-hydrogen) atoms. The molecule has 2 N–H and O–H groups in total. The number of fused-ring (bicyclic) bond motifs is 1. The molecular weight excluding hydrogens is 403 g/mol. The van der Waals surface area contributed by atoms with Crippen LogP contribution in [0.3, 0.4) is 0 Å². The highest BCUT2D eigenvalue weighted by Gasteiger charge is 2.25. The van der Waals surface area contributed by atoms with Gasteiger partial charge in [-0.1, -0.05) is 10.3 Å². The number of rotatable bonds is 7. The third kappa shape index (κ3) is 5.25. The third-order valence-corrected chi connectivity index (χ3v) is 5.61. The van der Waals surface area contributed by atoms with Gasteiger partial charge in [-0.05, 0) is 43.9 Å². The zero-order valence-electron chi connectivity index (χ0n) is 17.4. The van der Waals surface area contributed by atoms with Crippen molar-refractivity contribution in [1.29, 1.82) is 0 Å². The van der Waals surface area contributed by atoms with E-state index >= 15 is 0 Å². The maximum absolute atomic E-state index is 13.3. The predicted molar refractivity (Wildman–Crippen MR) is 109 cm³/mol. The van der Waals surface area contributed by atoms with Crippen LogP contribution in [-0.2, 0) is 22.6 Å². The number of hydrogen-bond acceptors (Lipinski definition) is 6. The van der Waals surface area contributed by atoms with Gasteiger partial charge < -0.3 is 15.2 Å². The number of aromatic nitrogens is 4. The molecule has 2 aromatic heterocycles. The lowest BCUT2D eigenvalue weighted by atomic mass is 9.94. The van der Waals surface area contributed by atoms with E-state index in [0.717, 1.165) is 12.8 Å². The van der Waals surface area contributed by atoms with Gasteiger partial charge in [0.2, 0.25) is 11.8 Å². The minimum atomic E-state index is -0.324. The van der Waals surface area contributed by atoms with Crippen LogP contribution in [0.1, 0.15) is 42.9 Å². The zero-order chi connectivity index (χ0) is 21.8. The fraction of sp³-hybridized carbons (Fsp3) is 0.476. The summed E-state index contributed by atoms with van der Waals surface area (Å²) in [6, 6.07) is 4.38. The monoisotopic (exact) mass is 428 g/mol. The van der Waals surface area contributed by atoms with Gasteiger partial charge in [0.25, 0.3) is 0 Å². The van der Waals surface area contributed by atoms with E-state index in [1.807, 2.05) is 4.90 Å². The van der Waals surface area contributed by atoms with Crippen molar-refractivity contribution in [1.82, 2.24) is 30.5 Å². The normalized spacial score (nSPS) is 16.6.